The number of likely N-dealkylation sites (N-methyl/N-ethyl adjacent to an activating group) is 1. The average molecular weight is 298 g/mol. The monoisotopic (exact) mass is 298 g/mol. The van der Waals surface area contributed by atoms with Gasteiger partial charge in [-0.05, 0) is 12.3 Å². The van der Waals surface area contributed by atoms with Crippen molar-refractivity contribution in [3.8, 4) is 0 Å². The van der Waals surface area contributed by atoms with Crippen LogP contribution in [0.25, 0.3) is 0 Å². The predicted molar refractivity (Wildman–Crippen MR) is 74.0 cm³/mol. The number of nitrogens with zero attached hydrogens (tertiary/aromatic N) is 2. The van der Waals surface area contributed by atoms with Gasteiger partial charge in [-0.25, -0.2) is 8.78 Å². The van der Waals surface area contributed by atoms with Crippen LogP contribution in [0.15, 0.2) is 11.9 Å². The Bertz CT molecular complexity index is 539. The normalized spacial score (nSPS) is 37.2. The first kappa shape index (κ1) is 14.3. The van der Waals surface area contributed by atoms with E-state index in [1.807, 2.05) is 6.92 Å². The lowest BCUT2D eigenvalue weighted by molar-refractivity contribution is -0.148. The van der Waals surface area contributed by atoms with E-state index in [1.165, 1.54) is 4.90 Å². The van der Waals surface area contributed by atoms with Crippen molar-refractivity contribution in [2.45, 2.75) is 43.7 Å². The Balaban J connectivity index is 1.97. The van der Waals surface area contributed by atoms with Gasteiger partial charge in [0.25, 0.3) is 11.8 Å². The predicted octanol–water partition coefficient (Wildman–Crippen LogP) is 1.37. The highest BCUT2D eigenvalue weighted by atomic mass is 19.3. The molecule has 0 radical (unpaired) electrons. The van der Waals surface area contributed by atoms with Crippen molar-refractivity contribution in [3.05, 3.63) is 11.9 Å². The fraction of sp³-hybridized carbons (Fsp3) is 0.714. The summed E-state index contributed by atoms with van der Waals surface area (Å²) in [7, 11) is 3.32. The summed E-state index contributed by atoms with van der Waals surface area (Å²) < 4.78 is 26.5. The molecular weight excluding hydrogens is 278 g/mol. The summed E-state index contributed by atoms with van der Waals surface area (Å²) in [6, 6.07) is -0.421. The van der Waals surface area contributed by atoms with Gasteiger partial charge >= 0.3 is 0 Å². The topological polar surface area (TPSA) is 59.4 Å². The summed E-state index contributed by atoms with van der Waals surface area (Å²) in [6.45, 7) is 1.94. The largest absolute Gasteiger partial charge is 0.392 e. The lowest BCUT2D eigenvalue weighted by Crippen LogP contribution is -2.66. The molecule has 3 aliphatic rings. The van der Waals surface area contributed by atoms with Gasteiger partial charge in [-0.1, -0.05) is 6.92 Å². The van der Waals surface area contributed by atoms with Crippen LogP contribution in [0, 0.1) is 11.3 Å². The van der Waals surface area contributed by atoms with Crippen molar-refractivity contribution in [1.82, 2.24) is 15.1 Å². The third-order valence-corrected chi connectivity index (χ3v) is 4.94. The molecule has 116 valence electrons. The lowest BCUT2D eigenvalue weighted by atomic mass is 9.84. The van der Waals surface area contributed by atoms with Crippen LogP contribution in [-0.4, -0.2) is 53.1 Å². The van der Waals surface area contributed by atoms with Gasteiger partial charge in [-0.3, -0.25) is 10.2 Å². The molecule has 1 aliphatic heterocycles. The average Bonchev–Trinajstić information content (AvgIpc) is 3.03. The number of rotatable bonds is 2. The maximum atomic E-state index is 13.2. The minimum atomic E-state index is -2.66. The molecule has 0 aromatic heterocycles. The zero-order chi connectivity index (χ0) is 15.6. The Labute approximate surface area is 122 Å². The highest BCUT2D eigenvalue weighted by Crippen LogP contribution is 2.56. The maximum Gasteiger partial charge on any atom is 0.253 e. The molecule has 1 amide bonds. The van der Waals surface area contributed by atoms with E-state index in [4.69, 9.17) is 5.41 Å². The molecule has 1 spiro atoms. The Morgan fingerprint density at radius 1 is 1.38 bits per heavy atom. The molecular formula is C14H20F2N4O. The lowest BCUT2D eigenvalue weighted by Gasteiger charge is -2.51. The van der Waals surface area contributed by atoms with Crippen molar-refractivity contribution in [1.29, 1.82) is 5.41 Å². The summed E-state index contributed by atoms with van der Waals surface area (Å²) in [5.74, 6) is -2.50. The molecule has 0 unspecified atom stereocenters. The molecule has 3 fully saturated rings. The Morgan fingerprint density at radius 2 is 1.95 bits per heavy atom. The van der Waals surface area contributed by atoms with E-state index in [-0.39, 0.29) is 30.5 Å². The first-order valence-corrected chi connectivity index (χ1v) is 7.16. The second-order valence-corrected chi connectivity index (χ2v) is 6.35. The van der Waals surface area contributed by atoms with Crippen molar-refractivity contribution in [2.24, 2.45) is 5.92 Å². The Kier molecular flexibility index (Phi) is 2.84. The van der Waals surface area contributed by atoms with Crippen LogP contribution < -0.4 is 5.32 Å². The van der Waals surface area contributed by atoms with E-state index in [1.54, 1.807) is 25.2 Å². The molecule has 1 saturated heterocycles. The van der Waals surface area contributed by atoms with Gasteiger partial charge in [-0.15, -0.1) is 0 Å². The highest BCUT2D eigenvalue weighted by Gasteiger charge is 2.69. The van der Waals surface area contributed by atoms with Gasteiger partial charge < -0.3 is 15.1 Å². The van der Waals surface area contributed by atoms with Crippen LogP contribution in [-0.2, 0) is 4.79 Å². The van der Waals surface area contributed by atoms with E-state index in [9.17, 15) is 13.6 Å². The third kappa shape index (κ3) is 1.79. The van der Waals surface area contributed by atoms with E-state index in [2.05, 4.69) is 5.32 Å². The van der Waals surface area contributed by atoms with Crippen molar-refractivity contribution in [2.75, 3.05) is 14.1 Å². The zero-order valence-electron chi connectivity index (χ0n) is 12.4. The van der Waals surface area contributed by atoms with Gasteiger partial charge in [-0.2, -0.15) is 0 Å². The van der Waals surface area contributed by atoms with E-state index >= 15 is 0 Å². The molecule has 0 aromatic carbocycles. The summed E-state index contributed by atoms with van der Waals surface area (Å²) in [4.78, 5) is 15.8. The minimum Gasteiger partial charge on any atom is -0.392 e. The number of amidine groups is 1. The fourth-order valence-corrected chi connectivity index (χ4v) is 3.65. The molecule has 5 nitrogen and oxygen atoms in total. The number of hydrogen-bond donors (Lipinski definition) is 2. The number of carbonyl (C=O) groups is 1. The molecule has 0 bridgehead atoms. The molecule has 2 N–H and O–H groups in total. The Hall–Kier alpha value is -1.66. The van der Waals surface area contributed by atoms with Crippen molar-refractivity contribution < 1.29 is 13.6 Å². The molecule has 2 aliphatic carbocycles. The summed E-state index contributed by atoms with van der Waals surface area (Å²) >= 11 is 0. The number of amides is 1. The van der Waals surface area contributed by atoms with Gasteiger partial charge in [0.05, 0.1) is 0 Å². The van der Waals surface area contributed by atoms with Gasteiger partial charge in [0, 0.05) is 39.2 Å². The molecule has 7 heteroatoms. The second kappa shape index (κ2) is 4.18. The molecule has 3 rings (SSSR count). The Morgan fingerprint density at radius 3 is 2.38 bits per heavy atom. The SMILES string of the molecule is CN/C=C1\C(=N)N(C2CC(F)(F)C2)[C@]2(C[C@@H]2C)C(=O)N1C. The molecule has 1 heterocycles. The molecule has 2 saturated carbocycles. The fourth-order valence-electron chi connectivity index (χ4n) is 3.65. The van der Waals surface area contributed by atoms with Crippen LogP contribution >= 0.6 is 0 Å². The van der Waals surface area contributed by atoms with Crippen molar-refractivity contribution in [3.63, 3.8) is 0 Å². The van der Waals surface area contributed by atoms with Gasteiger partial charge in [0.15, 0.2) is 0 Å². The van der Waals surface area contributed by atoms with E-state index in [0.29, 0.717) is 12.1 Å². The number of alkyl halides is 2. The van der Waals surface area contributed by atoms with Crippen molar-refractivity contribution >= 4 is 11.7 Å². The highest BCUT2D eigenvalue weighted by molar-refractivity contribution is 6.09. The number of piperazine rings is 1. The summed E-state index contributed by atoms with van der Waals surface area (Å²) in [5, 5.41) is 11.2. The zero-order valence-corrected chi connectivity index (χ0v) is 12.4. The third-order valence-electron chi connectivity index (χ3n) is 4.94. The second-order valence-electron chi connectivity index (χ2n) is 6.35. The number of carbonyl (C=O) groups excluding carboxylic acids is 1. The van der Waals surface area contributed by atoms with Crippen LogP contribution in [0.4, 0.5) is 8.78 Å². The number of nitrogens with one attached hydrogen (secondary N) is 2. The number of halogens is 2. The smallest absolute Gasteiger partial charge is 0.253 e. The van der Waals surface area contributed by atoms with Crippen LogP contribution in [0.1, 0.15) is 26.2 Å². The number of hydrogen-bond acceptors (Lipinski definition) is 3. The first-order valence-electron chi connectivity index (χ1n) is 7.16. The quantitative estimate of drug-likeness (QED) is 0.809. The van der Waals surface area contributed by atoms with Gasteiger partial charge in [0.2, 0.25) is 0 Å². The van der Waals surface area contributed by atoms with Gasteiger partial charge in [0.1, 0.15) is 17.1 Å². The molecule has 2 atom stereocenters. The van der Waals surface area contributed by atoms with Crippen LogP contribution in [0.2, 0.25) is 0 Å². The summed E-state index contributed by atoms with van der Waals surface area (Å²) in [6.07, 6.45) is 1.67. The first-order chi connectivity index (χ1) is 9.74. The molecule has 0 aromatic rings. The molecule has 21 heavy (non-hydrogen) atoms. The van der Waals surface area contributed by atoms with Crippen LogP contribution in [0.3, 0.4) is 0 Å². The standard InChI is InChI=1S/C14H20F2N4O/c1-8-4-14(8)12(21)19(3)10(7-18-2)11(17)20(14)9-5-13(15,16)6-9/h7-9,17-18H,4-6H2,1-3H3/b10-7+,17-11?/t8-,14-/m0/s1. The summed E-state index contributed by atoms with van der Waals surface area (Å²) in [5.41, 5.74) is -0.347. The van der Waals surface area contributed by atoms with E-state index < -0.39 is 17.5 Å². The van der Waals surface area contributed by atoms with Crippen LogP contribution in [0.5, 0.6) is 0 Å². The van der Waals surface area contributed by atoms with E-state index in [0.717, 1.165) is 0 Å². The maximum absolute atomic E-state index is 13.2. The minimum absolute atomic E-state index is 0.0947.